The molecule has 4 aromatic carbocycles. The molecule has 0 spiro atoms. The summed E-state index contributed by atoms with van der Waals surface area (Å²) in [4.78, 5) is 43.5. The summed E-state index contributed by atoms with van der Waals surface area (Å²) in [6.45, 7) is 5.73. The summed E-state index contributed by atoms with van der Waals surface area (Å²) in [6, 6.07) is 31.4. The fraction of sp³-hybridized carbons (Fsp3) is 0.411. The summed E-state index contributed by atoms with van der Waals surface area (Å²) in [5.74, 6) is 6.10. The van der Waals surface area contributed by atoms with E-state index in [4.69, 9.17) is 23.4 Å². The number of fused-ring (bicyclic) bond motifs is 9. The van der Waals surface area contributed by atoms with E-state index in [9.17, 15) is 19.5 Å². The molecule has 9 heteroatoms. The van der Waals surface area contributed by atoms with Gasteiger partial charge in [0, 0.05) is 49.0 Å². The molecule has 5 aromatic rings. The van der Waals surface area contributed by atoms with Gasteiger partial charge in [-0.2, -0.15) is 0 Å². The van der Waals surface area contributed by atoms with Crippen LogP contribution in [0.4, 0.5) is 0 Å². The number of methoxy groups -OCH3 is 1. The van der Waals surface area contributed by atoms with Crippen molar-refractivity contribution in [2.75, 3.05) is 20.3 Å². The van der Waals surface area contributed by atoms with Crippen LogP contribution < -0.4 is 10.4 Å². The molecule has 0 radical (unpaired) electrons. The Hall–Kier alpha value is -5.95. The van der Waals surface area contributed by atoms with Crippen molar-refractivity contribution < 1.29 is 38.1 Å². The van der Waals surface area contributed by atoms with Gasteiger partial charge >= 0.3 is 17.6 Å². The van der Waals surface area contributed by atoms with Crippen LogP contribution in [0, 0.1) is 17.8 Å². The fourth-order valence-corrected chi connectivity index (χ4v) is 10.9. The largest absolute Gasteiger partial charge is 0.482 e. The summed E-state index contributed by atoms with van der Waals surface area (Å²) in [5.41, 5.74) is 7.63. The highest BCUT2D eigenvalue weighted by Crippen LogP contribution is 2.51. The number of aliphatic hydroxyl groups excluding tert-OH is 1. The molecule has 1 saturated carbocycles. The zero-order valence-electron chi connectivity index (χ0n) is 37.8. The van der Waals surface area contributed by atoms with Crippen molar-refractivity contribution in [3.8, 4) is 17.6 Å². The van der Waals surface area contributed by atoms with Crippen molar-refractivity contribution in [1.29, 1.82) is 0 Å². The van der Waals surface area contributed by atoms with Gasteiger partial charge < -0.3 is 28.5 Å². The summed E-state index contributed by atoms with van der Waals surface area (Å²) in [5, 5.41) is 10.4. The molecule has 7 atom stereocenters. The maximum absolute atomic E-state index is 15.0. The van der Waals surface area contributed by atoms with Crippen molar-refractivity contribution in [3.05, 3.63) is 157 Å². The van der Waals surface area contributed by atoms with Gasteiger partial charge in [0.05, 0.1) is 18.6 Å². The zero-order valence-corrected chi connectivity index (χ0v) is 37.8. The van der Waals surface area contributed by atoms with Crippen molar-refractivity contribution in [3.63, 3.8) is 0 Å². The third-order valence-electron chi connectivity index (χ3n) is 14.3. The summed E-state index contributed by atoms with van der Waals surface area (Å²) in [7, 11) is 1.55. The van der Waals surface area contributed by atoms with Gasteiger partial charge in [0.25, 0.3) is 0 Å². The van der Waals surface area contributed by atoms with Crippen LogP contribution in [0.3, 0.4) is 0 Å². The molecule has 336 valence electrons. The predicted octanol–water partition coefficient (Wildman–Crippen LogP) is 10.1. The van der Waals surface area contributed by atoms with Crippen LogP contribution in [0.1, 0.15) is 134 Å². The number of hydrogen-bond acceptors (Lipinski definition) is 9. The van der Waals surface area contributed by atoms with Gasteiger partial charge in [-0.1, -0.05) is 90.2 Å². The zero-order chi connectivity index (χ0) is 45.2. The summed E-state index contributed by atoms with van der Waals surface area (Å²) in [6.07, 6.45) is 3.31. The Labute approximate surface area is 381 Å². The highest BCUT2D eigenvalue weighted by atomic mass is 16.6. The number of ether oxygens (including phenoxy) is 4. The van der Waals surface area contributed by atoms with Gasteiger partial charge in [-0.3, -0.25) is 4.79 Å². The number of aryl methyl sites for hydroxylation is 1. The van der Waals surface area contributed by atoms with Gasteiger partial charge in [0.1, 0.15) is 11.3 Å². The molecular weight excluding hydrogens is 817 g/mol. The maximum Gasteiger partial charge on any atom is 0.339 e. The second-order valence-electron chi connectivity index (χ2n) is 18.9. The normalized spacial score (nSPS) is 24.5. The van der Waals surface area contributed by atoms with Crippen molar-refractivity contribution >= 4 is 22.9 Å². The predicted molar refractivity (Wildman–Crippen MR) is 249 cm³/mol. The van der Waals surface area contributed by atoms with E-state index in [1.165, 1.54) is 22.3 Å². The molecule has 3 aliphatic heterocycles. The minimum Gasteiger partial charge on any atom is -0.482 e. The number of aliphatic hydroxyl groups is 1. The van der Waals surface area contributed by atoms with E-state index in [2.05, 4.69) is 78.6 Å². The van der Waals surface area contributed by atoms with Crippen LogP contribution in [0.25, 0.3) is 11.0 Å². The van der Waals surface area contributed by atoms with E-state index in [1.54, 1.807) is 19.2 Å². The third kappa shape index (κ3) is 9.17. The van der Waals surface area contributed by atoms with Gasteiger partial charge in [0.15, 0.2) is 17.8 Å². The van der Waals surface area contributed by atoms with Gasteiger partial charge in [-0.25, -0.2) is 9.59 Å². The second-order valence-corrected chi connectivity index (χ2v) is 18.9. The Bertz CT molecular complexity index is 2750. The van der Waals surface area contributed by atoms with Crippen LogP contribution in [0.2, 0.25) is 0 Å². The fourth-order valence-electron chi connectivity index (χ4n) is 10.9. The highest BCUT2D eigenvalue weighted by molar-refractivity contribution is 5.90. The molecule has 1 fully saturated rings. The lowest BCUT2D eigenvalue weighted by Crippen LogP contribution is -2.54. The molecule has 9 rings (SSSR count). The van der Waals surface area contributed by atoms with E-state index < -0.39 is 41.3 Å². The van der Waals surface area contributed by atoms with E-state index in [0.717, 1.165) is 42.4 Å². The quantitative estimate of drug-likeness (QED) is 0.0703. The van der Waals surface area contributed by atoms with Crippen LogP contribution in [0.15, 0.2) is 111 Å². The molecule has 4 aliphatic rings. The smallest absolute Gasteiger partial charge is 0.339 e. The molecule has 1 aliphatic carbocycles. The first-order valence-corrected chi connectivity index (χ1v) is 23.2. The maximum atomic E-state index is 15.0. The summed E-state index contributed by atoms with van der Waals surface area (Å²) < 4.78 is 31.8. The number of esters is 2. The number of carbonyl (C=O) groups is 2. The van der Waals surface area contributed by atoms with Gasteiger partial charge in [-0.15, -0.1) is 0 Å². The second kappa shape index (κ2) is 18.9. The summed E-state index contributed by atoms with van der Waals surface area (Å²) >= 11 is 0. The minimum absolute atomic E-state index is 0.0753. The average molecular weight is 875 g/mol. The lowest BCUT2D eigenvalue weighted by atomic mass is 9.67. The Balaban J connectivity index is 1.17. The van der Waals surface area contributed by atoms with Crippen LogP contribution >= 0.6 is 0 Å². The van der Waals surface area contributed by atoms with E-state index >= 15 is 0 Å². The Morgan fingerprint density at radius 1 is 0.908 bits per heavy atom. The minimum atomic E-state index is -1.27. The van der Waals surface area contributed by atoms with Crippen molar-refractivity contribution in [2.24, 2.45) is 5.92 Å². The molecule has 4 heterocycles. The van der Waals surface area contributed by atoms with Crippen LogP contribution in [-0.4, -0.2) is 49.1 Å². The first-order valence-electron chi connectivity index (χ1n) is 23.2. The van der Waals surface area contributed by atoms with Crippen molar-refractivity contribution in [1.82, 2.24) is 0 Å². The highest BCUT2D eigenvalue weighted by Gasteiger charge is 2.53. The van der Waals surface area contributed by atoms with Crippen LogP contribution in [-0.2, 0) is 43.1 Å². The SMILES string of the molecule is COC[C@@H](CCO)c1cc2ccc3c(c2oc1=O)[C@H]1OC(=O)C[C@@H]2C[C@@H](c4cccc(Cc5ccccc5)c4)CC[C@H]2c2ccc4cc2CC#CC[C@@](C)(O3)[C@H]1OC(=O)C(=C(C)C)CC4. The first-order chi connectivity index (χ1) is 31.5. The monoisotopic (exact) mass is 874 g/mol. The van der Waals surface area contributed by atoms with Gasteiger partial charge in [0.2, 0.25) is 0 Å². The van der Waals surface area contributed by atoms with E-state index in [1.807, 2.05) is 32.9 Å². The Morgan fingerprint density at radius 3 is 2.54 bits per heavy atom. The van der Waals surface area contributed by atoms with E-state index in [-0.39, 0.29) is 49.4 Å². The molecule has 0 saturated heterocycles. The lowest BCUT2D eigenvalue weighted by Gasteiger charge is -2.45. The molecule has 0 unspecified atom stereocenters. The Kier molecular flexibility index (Phi) is 12.9. The molecular formula is C56H58O9. The molecule has 1 N–H and O–H groups in total. The first kappa shape index (κ1) is 44.3. The Morgan fingerprint density at radius 2 is 1.74 bits per heavy atom. The number of rotatable bonds is 8. The number of hydrogen-bond donors (Lipinski definition) is 1. The standard InChI is InChI=1S/C56H58O9/c1-34(2)44-20-16-36-17-21-45-40(28-36)14-8-9-25-56(3)53(64-54(44)59)52(50-48(65-56)23-19-41-31-47(55(60)63-51(41)50)42(24-26-57)33-61-4)62-49(58)32-43-30-39(18-22-46(43)45)38-15-10-13-37(29-38)27-35-11-6-5-7-12-35/h5-7,10-13,15,17,19,21,23,28-29,31,39,42-43,46,52-53,57H,14,16,18,20,22,24-27,30,32-33H2,1-4H3/t39-,42+,43-,46+,52+,53-,56+/m0/s1. The van der Waals surface area contributed by atoms with E-state index in [0.29, 0.717) is 53.5 Å². The third-order valence-corrected chi connectivity index (χ3v) is 14.3. The van der Waals surface area contributed by atoms with Gasteiger partial charge in [-0.05, 0) is 135 Å². The topological polar surface area (TPSA) is 122 Å². The molecule has 0 amide bonds. The van der Waals surface area contributed by atoms with Crippen molar-refractivity contribution in [2.45, 2.75) is 121 Å². The molecule has 1 aromatic heterocycles. The number of allylic oxidation sites excluding steroid dienone is 1. The lowest BCUT2D eigenvalue weighted by molar-refractivity contribution is -0.190. The molecule has 65 heavy (non-hydrogen) atoms. The molecule has 9 nitrogen and oxygen atoms in total. The number of carbonyl (C=O) groups excluding carboxylic acids is 2. The van der Waals surface area contributed by atoms with Crippen LogP contribution in [0.5, 0.6) is 5.75 Å². The average Bonchev–Trinajstić information content (AvgIpc) is 3.28. The molecule has 5 bridgehead atoms. The number of benzene rings is 4.